The fourth-order valence-corrected chi connectivity index (χ4v) is 3.00. The van der Waals surface area contributed by atoms with Crippen LogP contribution in [0, 0.1) is 3.57 Å². The number of nitrogens with zero attached hydrogens (tertiary/aromatic N) is 1. The number of hydrogen-bond acceptors (Lipinski definition) is 2. The maximum atomic E-state index is 12.3. The minimum atomic E-state index is -0.0234. The van der Waals surface area contributed by atoms with E-state index in [-0.39, 0.29) is 5.91 Å². The van der Waals surface area contributed by atoms with Crippen LogP contribution in [0.5, 0.6) is 0 Å². The molecule has 0 aromatic heterocycles. The number of rotatable bonds is 4. The maximum Gasteiger partial charge on any atom is 0.243 e. The lowest BCUT2D eigenvalue weighted by atomic mass is 10.1. The highest BCUT2D eigenvalue weighted by Crippen LogP contribution is 2.21. The molecule has 4 heteroatoms. The van der Waals surface area contributed by atoms with Gasteiger partial charge in [0.05, 0.1) is 12.2 Å². The summed E-state index contributed by atoms with van der Waals surface area (Å²) in [6.45, 7) is 0.309. The van der Waals surface area contributed by atoms with E-state index in [2.05, 4.69) is 52.2 Å². The zero-order valence-corrected chi connectivity index (χ0v) is 14.9. The van der Waals surface area contributed by atoms with Crippen molar-refractivity contribution in [2.24, 2.45) is 0 Å². The number of carbonyl (C=O) groups is 1. The number of amides is 1. The number of fused-ring (bicyclic) bond motifs is 1. The Morgan fingerprint density at radius 2 is 1.70 bits per heavy atom. The van der Waals surface area contributed by atoms with Gasteiger partial charge >= 0.3 is 0 Å². The zero-order chi connectivity index (χ0) is 16.2. The average molecular weight is 416 g/mol. The summed E-state index contributed by atoms with van der Waals surface area (Å²) in [5.74, 6) is -0.0234. The highest BCUT2D eigenvalue weighted by Gasteiger charge is 2.09. The van der Waals surface area contributed by atoms with Crippen molar-refractivity contribution in [3.63, 3.8) is 0 Å². The molecule has 1 amide bonds. The van der Waals surface area contributed by atoms with Crippen molar-refractivity contribution in [1.29, 1.82) is 0 Å². The largest absolute Gasteiger partial charge is 0.365 e. The van der Waals surface area contributed by atoms with Gasteiger partial charge < -0.3 is 10.2 Å². The Bertz CT molecular complexity index is 847. The first-order chi connectivity index (χ1) is 11.1. The van der Waals surface area contributed by atoms with Crippen LogP contribution in [0.3, 0.4) is 0 Å². The molecule has 3 nitrogen and oxygen atoms in total. The Labute approximate surface area is 149 Å². The number of benzene rings is 3. The molecule has 0 aliphatic carbocycles. The second kappa shape index (κ2) is 7.00. The van der Waals surface area contributed by atoms with Crippen molar-refractivity contribution in [3.05, 3.63) is 70.3 Å². The molecule has 0 saturated heterocycles. The van der Waals surface area contributed by atoms with Gasteiger partial charge in [0.1, 0.15) is 0 Å². The summed E-state index contributed by atoms with van der Waals surface area (Å²) in [5, 5.41) is 5.34. The summed E-state index contributed by atoms with van der Waals surface area (Å²) in [4.78, 5) is 14.2. The lowest BCUT2D eigenvalue weighted by Gasteiger charge is -2.19. The third-order valence-electron chi connectivity index (χ3n) is 3.70. The highest BCUT2D eigenvalue weighted by atomic mass is 127. The lowest BCUT2D eigenvalue weighted by Crippen LogP contribution is -2.30. The Hall–Kier alpha value is -2.08. The number of likely N-dealkylation sites (N-methyl/N-ethyl adjacent to an activating group) is 1. The summed E-state index contributed by atoms with van der Waals surface area (Å²) in [5.41, 5.74) is 1.88. The van der Waals surface area contributed by atoms with E-state index in [9.17, 15) is 4.79 Å². The molecule has 0 unspecified atom stereocenters. The number of carbonyl (C=O) groups excluding carboxylic acids is 1. The second-order valence-electron chi connectivity index (χ2n) is 5.42. The second-order valence-corrected chi connectivity index (χ2v) is 6.58. The molecule has 0 heterocycles. The minimum absolute atomic E-state index is 0.0234. The van der Waals surface area contributed by atoms with Gasteiger partial charge in [-0.05, 0) is 57.6 Å². The van der Waals surface area contributed by atoms with Gasteiger partial charge in [-0.2, -0.15) is 0 Å². The first-order valence-corrected chi connectivity index (χ1v) is 8.46. The summed E-state index contributed by atoms with van der Waals surface area (Å²) >= 11 is 2.22. The van der Waals surface area contributed by atoms with E-state index in [1.54, 1.807) is 0 Å². The molecular formula is C19H17IN2O. The smallest absolute Gasteiger partial charge is 0.243 e. The Morgan fingerprint density at radius 1 is 1.00 bits per heavy atom. The molecule has 1 N–H and O–H groups in total. The van der Waals surface area contributed by atoms with Crippen molar-refractivity contribution < 1.29 is 4.79 Å². The molecule has 0 aliphatic heterocycles. The van der Waals surface area contributed by atoms with Crippen LogP contribution in [0.4, 0.5) is 11.4 Å². The number of halogens is 1. The fourth-order valence-electron chi connectivity index (χ4n) is 2.47. The molecule has 3 aromatic rings. The fraction of sp³-hybridized carbons (Fsp3) is 0.105. The van der Waals surface area contributed by atoms with Crippen molar-refractivity contribution in [2.45, 2.75) is 0 Å². The van der Waals surface area contributed by atoms with Crippen LogP contribution in [0.1, 0.15) is 0 Å². The molecule has 0 saturated carbocycles. The highest BCUT2D eigenvalue weighted by molar-refractivity contribution is 14.1. The molecule has 3 rings (SSSR count). The van der Waals surface area contributed by atoms with Gasteiger partial charge in [0.2, 0.25) is 5.91 Å². The number of hydrogen-bond donors (Lipinski definition) is 1. The van der Waals surface area contributed by atoms with Crippen LogP contribution in [-0.4, -0.2) is 19.5 Å². The standard InChI is InChI=1S/C19H17IN2O/c1-22(13-19(23)21-18-9-5-4-8-17(18)20)16-11-10-14-6-2-3-7-15(14)12-16/h2-12H,13H2,1H3,(H,21,23). The van der Waals surface area contributed by atoms with Crippen LogP contribution in [0.15, 0.2) is 66.7 Å². The van der Waals surface area contributed by atoms with Gasteiger partial charge in [0.15, 0.2) is 0 Å². The summed E-state index contributed by atoms with van der Waals surface area (Å²) < 4.78 is 1.03. The lowest BCUT2D eigenvalue weighted by molar-refractivity contribution is -0.114. The van der Waals surface area contributed by atoms with Crippen LogP contribution in [-0.2, 0) is 4.79 Å². The van der Waals surface area contributed by atoms with E-state index in [1.807, 2.05) is 54.4 Å². The SMILES string of the molecule is CN(CC(=O)Nc1ccccc1I)c1ccc2ccccc2c1. The molecule has 0 aliphatic rings. The first-order valence-electron chi connectivity index (χ1n) is 7.38. The average Bonchev–Trinajstić information content (AvgIpc) is 2.56. The topological polar surface area (TPSA) is 32.3 Å². The molecule has 116 valence electrons. The molecule has 23 heavy (non-hydrogen) atoms. The van der Waals surface area contributed by atoms with Crippen molar-refractivity contribution in [3.8, 4) is 0 Å². The minimum Gasteiger partial charge on any atom is -0.365 e. The Morgan fingerprint density at radius 3 is 2.48 bits per heavy atom. The predicted octanol–water partition coefficient (Wildman–Crippen LogP) is 4.52. The third-order valence-corrected chi connectivity index (χ3v) is 4.64. The Kier molecular flexibility index (Phi) is 4.81. The molecule has 0 spiro atoms. The van der Waals surface area contributed by atoms with Crippen LogP contribution in [0.25, 0.3) is 10.8 Å². The summed E-state index contributed by atoms with van der Waals surface area (Å²) in [6, 6.07) is 22.2. The van der Waals surface area contributed by atoms with Gasteiger partial charge in [-0.3, -0.25) is 4.79 Å². The molecule has 0 fully saturated rings. The van der Waals surface area contributed by atoms with Crippen molar-refractivity contribution >= 4 is 50.6 Å². The molecule has 0 radical (unpaired) electrons. The number of nitrogens with one attached hydrogen (secondary N) is 1. The van der Waals surface area contributed by atoms with Crippen molar-refractivity contribution in [1.82, 2.24) is 0 Å². The van der Waals surface area contributed by atoms with E-state index < -0.39 is 0 Å². The molecule has 0 atom stereocenters. The van der Waals surface area contributed by atoms with E-state index in [0.29, 0.717) is 6.54 Å². The third kappa shape index (κ3) is 3.82. The van der Waals surface area contributed by atoms with Gasteiger partial charge in [0, 0.05) is 16.3 Å². The van der Waals surface area contributed by atoms with Gasteiger partial charge in [-0.15, -0.1) is 0 Å². The Balaban J connectivity index is 1.71. The van der Waals surface area contributed by atoms with Crippen molar-refractivity contribution in [2.75, 3.05) is 23.8 Å². The number of para-hydroxylation sites is 1. The van der Waals surface area contributed by atoms with E-state index in [0.717, 1.165) is 14.9 Å². The van der Waals surface area contributed by atoms with E-state index in [4.69, 9.17) is 0 Å². The van der Waals surface area contributed by atoms with Crippen LogP contribution < -0.4 is 10.2 Å². The van der Waals surface area contributed by atoms with E-state index in [1.165, 1.54) is 10.8 Å². The van der Waals surface area contributed by atoms with Gasteiger partial charge in [0.25, 0.3) is 0 Å². The monoisotopic (exact) mass is 416 g/mol. The van der Waals surface area contributed by atoms with Gasteiger partial charge in [-0.25, -0.2) is 0 Å². The molecule has 0 bridgehead atoms. The molecule has 3 aromatic carbocycles. The zero-order valence-electron chi connectivity index (χ0n) is 12.8. The summed E-state index contributed by atoms with van der Waals surface area (Å²) in [7, 11) is 1.93. The summed E-state index contributed by atoms with van der Waals surface area (Å²) in [6.07, 6.45) is 0. The first kappa shape index (κ1) is 15.8. The number of anilines is 2. The predicted molar refractivity (Wildman–Crippen MR) is 105 cm³/mol. The quantitative estimate of drug-likeness (QED) is 0.635. The molecular weight excluding hydrogens is 399 g/mol. The van der Waals surface area contributed by atoms with E-state index >= 15 is 0 Å². The maximum absolute atomic E-state index is 12.3. The normalized spacial score (nSPS) is 10.5. The van der Waals surface area contributed by atoms with Crippen LogP contribution in [0.2, 0.25) is 0 Å². The van der Waals surface area contributed by atoms with Crippen LogP contribution >= 0.6 is 22.6 Å². The van der Waals surface area contributed by atoms with Gasteiger partial charge in [-0.1, -0.05) is 42.5 Å².